The Hall–Kier alpha value is -3.71. The van der Waals surface area contributed by atoms with Crippen LogP contribution in [0.4, 0.5) is 11.4 Å². The Morgan fingerprint density at radius 3 is 2.55 bits per heavy atom. The number of ether oxygens (including phenoxy) is 3. The molecule has 1 aliphatic rings. The summed E-state index contributed by atoms with van der Waals surface area (Å²) in [6.07, 6.45) is -0.681. The highest BCUT2D eigenvalue weighted by atomic mass is 35.5. The van der Waals surface area contributed by atoms with E-state index in [0.29, 0.717) is 39.0 Å². The van der Waals surface area contributed by atoms with Gasteiger partial charge in [0.2, 0.25) is 0 Å². The molecule has 0 aromatic heterocycles. The molecule has 0 unspecified atom stereocenters. The maximum absolute atomic E-state index is 13.6. The topological polar surface area (TPSA) is 77.1 Å². The lowest BCUT2D eigenvalue weighted by molar-refractivity contribution is -0.145. The van der Waals surface area contributed by atoms with Crippen molar-refractivity contribution in [2.24, 2.45) is 0 Å². The highest BCUT2D eigenvalue weighted by Crippen LogP contribution is 2.44. The number of methoxy groups -OCH3 is 1. The molecule has 170 valence electrons. The van der Waals surface area contributed by atoms with Gasteiger partial charge in [-0.15, -0.1) is 0 Å². The van der Waals surface area contributed by atoms with Gasteiger partial charge in [0.1, 0.15) is 6.17 Å². The molecule has 1 atom stereocenters. The van der Waals surface area contributed by atoms with E-state index in [1.807, 2.05) is 48.5 Å². The molecule has 33 heavy (non-hydrogen) atoms. The van der Waals surface area contributed by atoms with Gasteiger partial charge < -0.3 is 19.5 Å². The molecule has 0 fully saturated rings. The maximum Gasteiger partial charge on any atom is 0.344 e. The van der Waals surface area contributed by atoms with E-state index in [2.05, 4.69) is 5.32 Å². The largest absolute Gasteiger partial charge is 0.493 e. The summed E-state index contributed by atoms with van der Waals surface area (Å²) in [5.41, 5.74) is 2.44. The summed E-state index contributed by atoms with van der Waals surface area (Å²) in [5, 5.41) is 3.81. The maximum atomic E-state index is 13.6. The number of hydrogen-bond donors (Lipinski definition) is 1. The fourth-order valence-corrected chi connectivity index (χ4v) is 3.97. The number of nitrogens with zero attached hydrogens (tertiary/aromatic N) is 1. The first kappa shape index (κ1) is 22.5. The lowest BCUT2D eigenvalue weighted by Crippen LogP contribution is -2.43. The Balaban J connectivity index is 1.85. The van der Waals surface area contributed by atoms with Crippen LogP contribution >= 0.6 is 11.6 Å². The predicted octanol–water partition coefficient (Wildman–Crippen LogP) is 5.06. The zero-order valence-corrected chi connectivity index (χ0v) is 19.0. The molecular formula is C25H23ClN2O5. The molecular weight excluding hydrogens is 444 g/mol. The molecule has 0 spiro atoms. The van der Waals surface area contributed by atoms with Crippen molar-refractivity contribution in [1.29, 1.82) is 0 Å². The molecule has 7 nitrogen and oxygen atoms in total. The smallest absolute Gasteiger partial charge is 0.344 e. The predicted molar refractivity (Wildman–Crippen MR) is 126 cm³/mol. The number of anilines is 2. The van der Waals surface area contributed by atoms with Gasteiger partial charge in [0.25, 0.3) is 5.91 Å². The molecule has 0 saturated heterocycles. The number of halogens is 1. The summed E-state index contributed by atoms with van der Waals surface area (Å²) in [6, 6.07) is 19.9. The first-order valence-corrected chi connectivity index (χ1v) is 10.8. The Morgan fingerprint density at radius 1 is 1.09 bits per heavy atom. The fraction of sp³-hybridized carbons (Fsp3) is 0.200. The van der Waals surface area contributed by atoms with Crippen LogP contribution in [0.25, 0.3) is 0 Å². The van der Waals surface area contributed by atoms with Crippen LogP contribution < -0.4 is 19.7 Å². The zero-order chi connectivity index (χ0) is 23.4. The van der Waals surface area contributed by atoms with E-state index in [1.54, 1.807) is 30.0 Å². The molecule has 3 aromatic rings. The van der Waals surface area contributed by atoms with Gasteiger partial charge in [-0.25, -0.2) is 4.79 Å². The van der Waals surface area contributed by atoms with E-state index < -0.39 is 12.1 Å². The summed E-state index contributed by atoms with van der Waals surface area (Å²) < 4.78 is 16.3. The van der Waals surface area contributed by atoms with Gasteiger partial charge in [-0.3, -0.25) is 9.69 Å². The second-order valence-corrected chi connectivity index (χ2v) is 7.66. The summed E-state index contributed by atoms with van der Waals surface area (Å²) in [6.45, 7) is 1.64. The zero-order valence-electron chi connectivity index (χ0n) is 18.2. The number of rotatable bonds is 7. The van der Waals surface area contributed by atoms with Crippen molar-refractivity contribution in [2.75, 3.05) is 30.5 Å². The Bertz CT molecular complexity index is 1170. The van der Waals surface area contributed by atoms with Crippen LogP contribution in [0.2, 0.25) is 5.02 Å². The summed E-state index contributed by atoms with van der Waals surface area (Å²) in [5.74, 6) is -0.0716. The molecule has 1 N–H and O–H groups in total. The third-order valence-electron chi connectivity index (χ3n) is 5.16. The average molecular weight is 467 g/mol. The number of nitrogens with one attached hydrogen (secondary N) is 1. The van der Waals surface area contributed by atoms with Crippen LogP contribution in [0.1, 0.15) is 29.0 Å². The van der Waals surface area contributed by atoms with Crippen LogP contribution in [0, 0.1) is 0 Å². The van der Waals surface area contributed by atoms with E-state index in [0.717, 1.165) is 0 Å². The molecule has 0 radical (unpaired) electrons. The number of amides is 1. The lowest BCUT2D eigenvalue weighted by Gasteiger charge is -2.38. The van der Waals surface area contributed by atoms with Gasteiger partial charge in [-0.05, 0) is 37.3 Å². The monoisotopic (exact) mass is 466 g/mol. The Labute approximate surface area is 196 Å². The average Bonchev–Trinajstić information content (AvgIpc) is 2.83. The Morgan fingerprint density at radius 2 is 1.82 bits per heavy atom. The second kappa shape index (κ2) is 9.83. The van der Waals surface area contributed by atoms with Crippen LogP contribution in [-0.4, -0.2) is 32.2 Å². The first-order chi connectivity index (χ1) is 16.0. The van der Waals surface area contributed by atoms with E-state index in [9.17, 15) is 9.59 Å². The van der Waals surface area contributed by atoms with Crippen LogP contribution in [0.15, 0.2) is 66.7 Å². The molecule has 3 aromatic carbocycles. The standard InChI is InChI=1S/C25H23ClN2O5/c1-3-32-22(29)15-33-23-19(13-16(26)14-21(23)31-2)24-27-20-12-8-7-11-18(20)25(30)28(24)17-9-5-4-6-10-17/h4-14,24,27H,3,15H2,1-2H3/t24-/m1/s1. The Kier molecular flexibility index (Phi) is 6.70. The number of fused-ring (bicyclic) bond motifs is 1. The number of hydrogen-bond acceptors (Lipinski definition) is 6. The van der Waals surface area contributed by atoms with Crippen molar-refractivity contribution < 1.29 is 23.8 Å². The van der Waals surface area contributed by atoms with Crippen molar-refractivity contribution in [3.63, 3.8) is 0 Å². The minimum absolute atomic E-state index is 0.184. The molecule has 0 aliphatic carbocycles. The number of benzene rings is 3. The second-order valence-electron chi connectivity index (χ2n) is 7.22. The van der Waals surface area contributed by atoms with Crippen molar-refractivity contribution >= 4 is 34.9 Å². The van der Waals surface area contributed by atoms with Crippen molar-refractivity contribution in [3.05, 3.63) is 82.9 Å². The van der Waals surface area contributed by atoms with Gasteiger partial charge in [0.05, 0.1) is 19.3 Å². The van der Waals surface area contributed by atoms with E-state index in [-0.39, 0.29) is 19.1 Å². The molecule has 4 rings (SSSR count). The number of esters is 1. The highest BCUT2D eigenvalue weighted by Gasteiger charge is 2.36. The minimum Gasteiger partial charge on any atom is -0.493 e. The molecule has 1 heterocycles. The van der Waals surface area contributed by atoms with Gasteiger partial charge in [-0.2, -0.15) is 0 Å². The van der Waals surface area contributed by atoms with Crippen molar-refractivity contribution in [3.8, 4) is 11.5 Å². The van der Waals surface area contributed by atoms with Gasteiger partial charge in [0, 0.05) is 28.0 Å². The van der Waals surface area contributed by atoms with Crippen molar-refractivity contribution in [1.82, 2.24) is 0 Å². The lowest BCUT2D eigenvalue weighted by atomic mass is 10.0. The van der Waals surface area contributed by atoms with Crippen LogP contribution in [0.3, 0.4) is 0 Å². The van der Waals surface area contributed by atoms with Crippen LogP contribution in [-0.2, 0) is 9.53 Å². The highest BCUT2D eigenvalue weighted by molar-refractivity contribution is 6.31. The minimum atomic E-state index is -0.681. The third kappa shape index (κ3) is 4.59. The SMILES string of the molecule is CCOC(=O)COc1c(OC)cc(Cl)cc1[C@@H]1Nc2ccccc2C(=O)N1c1ccccc1. The molecule has 1 aliphatic heterocycles. The first-order valence-electron chi connectivity index (χ1n) is 10.4. The van der Waals surface area contributed by atoms with E-state index in [4.69, 9.17) is 25.8 Å². The van der Waals surface area contributed by atoms with Gasteiger partial charge in [-0.1, -0.05) is 41.9 Å². The summed E-state index contributed by atoms with van der Waals surface area (Å²) in [4.78, 5) is 27.2. The number of carbonyl (C=O) groups is 2. The van der Waals surface area contributed by atoms with E-state index >= 15 is 0 Å². The van der Waals surface area contributed by atoms with Crippen LogP contribution in [0.5, 0.6) is 11.5 Å². The third-order valence-corrected chi connectivity index (χ3v) is 5.38. The van der Waals surface area contributed by atoms with Crippen molar-refractivity contribution in [2.45, 2.75) is 13.1 Å². The number of carbonyl (C=O) groups excluding carboxylic acids is 2. The molecule has 8 heteroatoms. The van der Waals surface area contributed by atoms with Gasteiger partial charge in [0.15, 0.2) is 18.1 Å². The fourth-order valence-electron chi connectivity index (χ4n) is 3.76. The number of para-hydroxylation sites is 2. The van der Waals surface area contributed by atoms with Gasteiger partial charge >= 0.3 is 5.97 Å². The quantitative estimate of drug-likeness (QED) is 0.490. The summed E-state index contributed by atoms with van der Waals surface area (Å²) >= 11 is 6.40. The normalized spacial score (nSPS) is 14.8. The molecule has 1 amide bonds. The molecule has 0 saturated carbocycles. The van der Waals surface area contributed by atoms with E-state index in [1.165, 1.54) is 7.11 Å². The molecule has 0 bridgehead atoms. The summed E-state index contributed by atoms with van der Waals surface area (Å²) in [7, 11) is 1.48.